The molecule has 3 aromatic rings. The first-order valence-corrected chi connectivity index (χ1v) is 10.5. The molecule has 0 amide bonds. The van der Waals surface area contributed by atoms with Gasteiger partial charge in [-0.3, -0.25) is 0 Å². The Kier molecular flexibility index (Phi) is 5.49. The normalized spacial score (nSPS) is 13.4. The molecule has 2 heteroatoms. The van der Waals surface area contributed by atoms with Gasteiger partial charge in [-0.25, -0.2) is 8.78 Å². The summed E-state index contributed by atoms with van der Waals surface area (Å²) in [5, 5.41) is 0. The van der Waals surface area contributed by atoms with Gasteiger partial charge in [0.1, 0.15) is 11.6 Å². The van der Waals surface area contributed by atoms with Gasteiger partial charge in [0.2, 0.25) is 0 Å². The highest BCUT2D eigenvalue weighted by Crippen LogP contribution is 2.44. The first kappa shape index (κ1) is 21.0. The van der Waals surface area contributed by atoms with Gasteiger partial charge in [-0.05, 0) is 107 Å². The molecule has 0 saturated carbocycles. The zero-order chi connectivity index (χ0) is 22.3. The summed E-state index contributed by atoms with van der Waals surface area (Å²) >= 11 is 0. The summed E-state index contributed by atoms with van der Waals surface area (Å²) in [6.07, 6.45) is 1.18. The minimum Gasteiger partial charge on any atom is -0.207 e. The van der Waals surface area contributed by atoms with E-state index in [4.69, 9.17) is 0 Å². The van der Waals surface area contributed by atoms with Crippen molar-refractivity contribution in [2.75, 3.05) is 0 Å². The van der Waals surface area contributed by atoms with Crippen LogP contribution in [-0.2, 0) is 6.42 Å². The monoisotopic (exact) mass is 412 g/mol. The second-order valence-corrected chi connectivity index (χ2v) is 8.43. The van der Waals surface area contributed by atoms with Crippen LogP contribution < -0.4 is 0 Å². The Morgan fingerprint density at radius 3 is 2.42 bits per heavy atom. The summed E-state index contributed by atoms with van der Waals surface area (Å²) in [6.45, 7) is 14.8. The van der Waals surface area contributed by atoms with Crippen LogP contribution in [0.4, 0.5) is 8.78 Å². The SMILES string of the molecule is C=C(CC1=C(c2ccc(C)c(C)c2)Cc2cccc(C)c2C1=C)c1cc(F)ccc1F. The number of hydrogen-bond acceptors (Lipinski definition) is 0. The maximum absolute atomic E-state index is 14.4. The fourth-order valence-electron chi connectivity index (χ4n) is 4.43. The van der Waals surface area contributed by atoms with E-state index < -0.39 is 11.6 Å². The Morgan fingerprint density at radius 1 is 0.903 bits per heavy atom. The highest BCUT2D eigenvalue weighted by atomic mass is 19.1. The van der Waals surface area contributed by atoms with E-state index in [-0.39, 0.29) is 5.56 Å². The third kappa shape index (κ3) is 3.90. The van der Waals surface area contributed by atoms with Crippen molar-refractivity contribution in [1.82, 2.24) is 0 Å². The summed E-state index contributed by atoms with van der Waals surface area (Å²) in [6, 6.07) is 16.3. The van der Waals surface area contributed by atoms with Crippen molar-refractivity contribution < 1.29 is 8.78 Å². The molecule has 1 aliphatic carbocycles. The number of hydrogen-bond donors (Lipinski definition) is 0. The van der Waals surface area contributed by atoms with Crippen molar-refractivity contribution in [3.8, 4) is 0 Å². The lowest BCUT2D eigenvalue weighted by Crippen LogP contribution is -2.10. The second-order valence-electron chi connectivity index (χ2n) is 8.43. The van der Waals surface area contributed by atoms with Gasteiger partial charge in [0.15, 0.2) is 0 Å². The van der Waals surface area contributed by atoms with Crippen LogP contribution in [0.25, 0.3) is 16.7 Å². The Hall–Kier alpha value is -3.26. The number of allylic oxidation sites excluding steroid dienone is 4. The molecule has 4 rings (SSSR count). The molecule has 0 nitrogen and oxygen atoms in total. The minimum atomic E-state index is -0.468. The van der Waals surface area contributed by atoms with Crippen molar-refractivity contribution in [3.63, 3.8) is 0 Å². The van der Waals surface area contributed by atoms with Gasteiger partial charge in [0, 0.05) is 5.56 Å². The Balaban J connectivity index is 1.86. The Bertz CT molecular complexity index is 1260. The lowest BCUT2D eigenvalue weighted by Gasteiger charge is -2.28. The fraction of sp³-hybridized carbons (Fsp3) is 0.172. The highest BCUT2D eigenvalue weighted by Gasteiger charge is 2.25. The second kappa shape index (κ2) is 8.11. The molecular weight excluding hydrogens is 386 g/mol. The smallest absolute Gasteiger partial charge is 0.130 e. The fourth-order valence-corrected chi connectivity index (χ4v) is 4.43. The number of aryl methyl sites for hydroxylation is 3. The quantitative estimate of drug-likeness (QED) is 0.407. The molecule has 0 heterocycles. The number of halogens is 2. The minimum absolute atomic E-state index is 0.218. The third-order valence-electron chi connectivity index (χ3n) is 6.31. The topological polar surface area (TPSA) is 0 Å². The summed E-state index contributed by atoms with van der Waals surface area (Å²) in [5.74, 6) is -0.928. The van der Waals surface area contributed by atoms with E-state index in [1.807, 2.05) is 0 Å². The molecule has 156 valence electrons. The predicted octanol–water partition coefficient (Wildman–Crippen LogP) is 8.02. The first-order valence-electron chi connectivity index (χ1n) is 10.5. The van der Waals surface area contributed by atoms with Crippen LogP contribution in [0.5, 0.6) is 0 Å². The van der Waals surface area contributed by atoms with E-state index in [0.717, 1.165) is 40.8 Å². The lowest BCUT2D eigenvalue weighted by molar-refractivity contribution is 0.596. The van der Waals surface area contributed by atoms with Crippen molar-refractivity contribution in [2.45, 2.75) is 33.6 Å². The van der Waals surface area contributed by atoms with E-state index in [1.165, 1.54) is 33.9 Å². The molecule has 31 heavy (non-hydrogen) atoms. The van der Waals surface area contributed by atoms with Crippen molar-refractivity contribution >= 4 is 16.7 Å². The average molecular weight is 413 g/mol. The van der Waals surface area contributed by atoms with Crippen LogP contribution in [0.2, 0.25) is 0 Å². The van der Waals surface area contributed by atoms with Gasteiger partial charge in [-0.15, -0.1) is 0 Å². The van der Waals surface area contributed by atoms with Crippen LogP contribution in [-0.4, -0.2) is 0 Å². The molecule has 0 bridgehead atoms. The summed E-state index contributed by atoms with van der Waals surface area (Å²) in [4.78, 5) is 0. The number of benzene rings is 3. The standard InChI is InChI=1S/C29H26F2/c1-17-9-10-22(13-19(17)3)27-15-23-8-6-7-18(2)29(23)21(5)26(27)14-20(4)25-16-24(30)11-12-28(25)31/h6-13,16H,4-5,14-15H2,1-3H3. The van der Waals surface area contributed by atoms with Gasteiger partial charge in [-0.2, -0.15) is 0 Å². The van der Waals surface area contributed by atoms with Gasteiger partial charge in [0.05, 0.1) is 0 Å². The summed E-state index contributed by atoms with van der Waals surface area (Å²) in [5.41, 5.74) is 11.1. The van der Waals surface area contributed by atoms with Crippen LogP contribution in [0, 0.1) is 32.4 Å². The van der Waals surface area contributed by atoms with Crippen LogP contribution in [0.1, 0.15) is 45.4 Å². The highest BCUT2D eigenvalue weighted by molar-refractivity contribution is 5.96. The molecule has 0 aliphatic heterocycles. The predicted molar refractivity (Wildman–Crippen MR) is 127 cm³/mol. The zero-order valence-electron chi connectivity index (χ0n) is 18.3. The zero-order valence-corrected chi connectivity index (χ0v) is 18.3. The first-order chi connectivity index (χ1) is 14.8. The average Bonchev–Trinajstić information content (AvgIpc) is 2.73. The van der Waals surface area contributed by atoms with Crippen LogP contribution >= 0.6 is 0 Å². The van der Waals surface area contributed by atoms with Crippen LogP contribution in [0.3, 0.4) is 0 Å². The van der Waals surface area contributed by atoms with Crippen molar-refractivity contribution in [2.24, 2.45) is 0 Å². The van der Waals surface area contributed by atoms with Gasteiger partial charge >= 0.3 is 0 Å². The van der Waals surface area contributed by atoms with Crippen molar-refractivity contribution in [3.05, 3.63) is 124 Å². The van der Waals surface area contributed by atoms with Crippen molar-refractivity contribution in [1.29, 1.82) is 0 Å². The van der Waals surface area contributed by atoms with E-state index in [9.17, 15) is 8.78 Å². The molecule has 0 unspecified atom stereocenters. The summed E-state index contributed by atoms with van der Waals surface area (Å²) in [7, 11) is 0. The van der Waals surface area contributed by atoms with Gasteiger partial charge in [-0.1, -0.05) is 49.6 Å². The molecule has 0 atom stereocenters. The lowest BCUT2D eigenvalue weighted by atomic mass is 9.76. The molecule has 0 aromatic heterocycles. The van der Waals surface area contributed by atoms with E-state index in [2.05, 4.69) is 70.3 Å². The molecule has 0 radical (unpaired) electrons. The Morgan fingerprint density at radius 2 is 1.68 bits per heavy atom. The van der Waals surface area contributed by atoms with Gasteiger partial charge in [0.25, 0.3) is 0 Å². The molecule has 0 N–H and O–H groups in total. The molecule has 1 aliphatic rings. The summed E-state index contributed by atoms with van der Waals surface area (Å²) < 4.78 is 28.2. The van der Waals surface area contributed by atoms with E-state index >= 15 is 0 Å². The Labute approximate surface area is 183 Å². The largest absolute Gasteiger partial charge is 0.207 e. The van der Waals surface area contributed by atoms with Gasteiger partial charge < -0.3 is 0 Å². The van der Waals surface area contributed by atoms with Crippen LogP contribution in [0.15, 0.2) is 73.3 Å². The molecule has 3 aromatic carbocycles. The third-order valence-corrected chi connectivity index (χ3v) is 6.31. The molecular formula is C29H26F2. The van der Waals surface area contributed by atoms with E-state index in [1.54, 1.807) is 0 Å². The molecule has 0 saturated heterocycles. The van der Waals surface area contributed by atoms with E-state index in [0.29, 0.717) is 12.0 Å². The molecule has 0 spiro atoms. The maximum atomic E-state index is 14.4. The number of rotatable bonds is 4. The molecule has 0 fully saturated rings. The maximum Gasteiger partial charge on any atom is 0.130 e. The number of fused-ring (bicyclic) bond motifs is 1.